The van der Waals surface area contributed by atoms with Crippen LogP contribution in [0.1, 0.15) is 78.6 Å². The number of aliphatic hydroxyl groups is 4. The molecule has 2 rings (SSSR count). The number of ether oxygens (including phenoxy) is 3. The molecule has 1 aliphatic carbocycles. The number of hydrogen-bond donors (Lipinski definition) is 5. The van der Waals surface area contributed by atoms with E-state index >= 15 is 0 Å². The monoisotopic (exact) mass is 546 g/mol. The molecule has 38 heavy (non-hydrogen) atoms. The number of carboxylic acids is 1. The number of aliphatic hydroxyl groups excluding tert-OH is 4. The van der Waals surface area contributed by atoms with E-state index in [0.29, 0.717) is 6.42 Å². The molecule has 1 heterocycles. The number of unbranched alkanes of at least 4 members (excludes halogenated alkanes) is 4. The zero-order valence-corrected chi connectivity index (χ0v) is 22.7. The van der Waals surface area contributed by atoms with E-state index in [-0.39, 0.29) is 43.7 Å². The third-order valence-corrected chi connectivity index (χ3v) is 6.63. The van der Waals surface area contributed by atoms with Crippen molar-refractivity contribution in [2.75, 3.05) is 13.2 Å². The zero-order chi connectivity index (χ0) is 28.7. The van der Waals surface area contributed by atoms with Crippen LogP contribution in [0.15, 0.2) is 12.2 Å². The number of rotatable bonds is 15. The average molecular weight is 547 g/mol. The van der Waals surface area contributed by atoms with Gasteiger partial charge in [0.05, 0.1) is 12.7 Å². The van der Waals surface area contributed by atoms with E-state index < -0.39 is 48.7 Å². The molecule has 4 unspecified atom stereocenters. The van der Waals surface area contributed by atoms with Crippen LogP contribution in [0.5, 0.6) is 0 Å². The number of hydrogen-bond acceptors (Lipinski definition) is 10. The molecule has 11 nitrogen and oxygen atoms in total. The summed E-state index contributed by atoms with van der Waals surface area (Å²) in [6.07, 6.45) is 1.19. The highest BCUT2D eigenvalue weighted by Gasteiger charge is 2.47. The Morgan fingerprint density at radius 2 is 1.68 bits per heavy atom. The quantitative estimate of drug-likeness (QED) is 0.115. The number of carbonyl (C=O) groups excluding carboxylic acids is 2. The summed E-state index contributed by atoms with van der Waals surface area (Å²) >= 11 is 0. The van der Waals surface area contributed by atoms with Crippen molar-refractivity contribution >= 4 is 17.7 Å². The topological polar surface area (TPSA) is 180 Å². The lowest BCUT2D eigenvalue weighted by Gasteiger charge is -2.38. The Kier molecular flexibility index (Phi) is 16.5. The SMILES string of the molecule is CC.CCCC=CC1C(O)CC(=O)C1CCCCCCC(=O)OCCOC1O[C@H](C(=O)O)[C@@H](O)[C@H](O)[C@H]1O. The summed E-state index contributed by atoms with van der Waals surface area (Å²) < 4.78 is 15.2. The van der Waals surface area contributed by atoms with Gasteiger partial charge in [-0.2, -0.15) is 0 Å². The fourth-order valence-corrected chi connectivity index (χ4v) is 4.58. The second-order valence-corrected chi connectivity index (χ2v) is 9.42. The third-order valence-electron chi connectivity index (χ3n) is 6.63. The molecule has 0 aromatic heterocycles. The minimum Gasteiger partial charge on any atom is -0.479 e. The predicted octanol–water partition coefficient (Wildman–Crippen LogP) is 1.73. The first-order valence-corrected chi connectivity index (χ1v) is 13.7. The van der Waals surface area contributed by atoms with Gasteiger partial charge < -0.3 is 39.7 Å². The van der Waals surface area contributed by atoms with Crippen LogP contribution in [0.4, 0.5) is 0 Å². The minimum absolute atomic E-state index is 0.107. The second-order valence-electron chi connectivity index (χ2n) is 9.42. The summed E-state index contributed by atoms with van der Waals surface area (Å²) in [6, 6.07) is 0. The second kappa shape index (κ2) is 18.4. The highest BCUT2D eigenvalue weighted by atomic mass is 16.7. The number of ketones is 1. The van der Waals surface area contributed by atoms with Crippen LogP contribution in [0.25, 0.3) is 0 Å². The molecule has 220 valence electrons. The van der Waals surface area contributed by atoms with Gasteiger partial charge in [0.15, 0.2) is 12.4 Å². The van der Waals surface area contributed by atoms with Crippen molar-refractivity contribution in [3.05, 3.63) is 12.2 Å². The Hall–Kier alpha value is -1.89. The van der Waals surface area contributed by atoms with Crippen molar-refractivity contribution in [3.8, 4) is 0 Å². The maximum atomic E-state index is 12.2. The Balaban J connectivity index is 0.00000352. The van der Waals surface area contributed by atoms with Gasteiger partial charge in [0, 0.05) is 24.7 Å². The average Bonchev–Trinajstić information content (AvgIpc) is 3.16. The van der Waals surface area contributed by atoms with Crippen molar-refractivity contribution in [1.82, 2.24) is 0 Å². The van der Waals surface area contributed by atoms with Crippen LogP contribution >= 0.6 is 0 Å². The van der Waals surface area contributed by atoms with Gasteiger partial charge >= 0.3 is 11.9 Å². The lowest BCUT2D eigenvalue weighted by atomic mass is 9.88. The van der Waals surface area contributed by atoms with Gasteiger partial charge in [-0.05, 0) is 19.3 Å². The third kappa shape index (κ3) is 10.7. The molecular weight excluding hydrogens is 500 g/mol. The van der Waals surface area contributed by atoms with Crippen LogP contribution in [0, 0.1) is 11.8 Å². The van der Waals surface area contributed by atoms with Crippen LogP contribution in [0.3, 0.4) is 0 Å². The molecule has 0 aromatic carbocycles. The fraction of sp³-hybridized carbons (Fsp3) is 0.815. The predicted molar refractivity (Wildman–Crippen MR) is 137 cm³/mol. The molecule has 0 radical (unpaired) electrons. The Labute approximate surface area is 224 Å². The molecule has 11 heteroatoms. The summed E-state index contributed by atoms with van der Waals surface area (Å²) in [7, 11) is 0. The van der Waals surface area contributed by atoms with E-state index in [0.717, 1.165) is 38.5 Å². The van der Waals surface area contributed by atoms with Gasteiger partial charge in [-0.15, -0.1) is 0 Å². The molecule has 1 saturated carbocycles. The highest BCUT2D eigenvalue weighted by molar-refractivity contribution is 5.84. The molecule has 2 fully saturated rings. The number of allylic oxidation sites excluding steroid dienone is 1. The van der Waals surface area contributed by atoms with Gasteiger partial charge in [0.2, 0.25) is 0 Å². The highest BCUT2D eigenvalue weighted by Crippen LogP contribution is 2.34. The smallest absolute Gasteiger partial charge is 0.335 e. The number of carboxylic acid groups (broad SMARTS) is 1. The molecule has 0 amide bonds. The van der Waals surface area contributed by atoms with E-state index in [9.17, 15) is 34.8 Å². The maximum Gasteiger partial charge on any atom is 0.335 e. The van der Waals surface area contributed by atoms with Crippen molar-refractivity contribution in [3.63, 3.8) is 0 Å². The van der Waals surface area contributed by atoms with Crippen molar-refractivity contribution in [2.45, 2.75) is 115 Å². The largest absolute Gasteiger partial charge is 0.479 e. The Morgan fingerprint density at radius 1 is 1.00 bits per heavy atom. The first kappa shape index (κ1) is 34.1. The first-order chi connectivity index (χ1) is 18.2. The minimum atomic E-state index is -1.80. The summed E-state index contributed by atoms with van der Waals surface area (Å²) in [5, 5.41) is 48.4. The summed E-state index contributed by atoms with van der Waals surface area (Å²) in [4.78, 5) is 35.2. The normalized spacial score (nSPS) is 31.2. The molecular formula is C27H46O11. The number of aliphatic carboxylic acids is 1. The maximum absolute atomic E-state index is 12.2. The van der Waals surface area contributed by atoms with Gasteiger partial charge in [-0.3, -0.25) is 9.59 Å². The molecule has 2 aliphatic rings. The van der Waals surface area contributed by atoms with Crippen LogP contribution < -0.4 is 0 Å². The number of Topliss-reactive ketones (excluding diaryl/α,β-unsaturated/α-hetero) is 1. The molecule has 0 aromatic rings. The zero-order valence-electron chi connectivity index (χ0n) is 22.7. The summed E-state index contributed by atoms with van der Waals surface area (Å²) in [5.41, 5.74) is 0. The molecule has 1 saturated heterocycles. The van der Waals surface area contributed by atoms with Gasteiger partial charge in [0.1, 0.15) is 30.7 Å². The lowest BCUT2D eigenvalue weighted by molar-refractivity contribution is -0.295. The van der Waals surface area contributed by atoms with E-state index in [2.05, 4.69) is 6.92 Å². The van der Waals surface area contributed by atoms with E-state index in [1.54, 1.807) is 0 Å². The van der Waals surface area contributed by atoms with Crippen LogP contribution in [-0.2, 0) is 28.6 Å². The van der Waals surface area contributed by atoms with Gasteiger partial charge in [-0.1, -0.05) is 58.6 Å². The molecule has 0 bridgehead atoms. The van der Waals surface area contributed by atoms with Crippen LogP contribution in [-0.4, -0.2) is 93.3 Å². The first-order valence-electron chi connectivity index (χ1n) is 13.7. The number of esters is 1. The summed E-state index contributed by atoms with van der Waals surface area (Å²) in [6.45, 7) is 5.73. The van der Waals surface area contributed by atoms with E-state index in [1.165, 1.54) is 0 Å². The van der Waals surface area contributed by atoms with Gasteiger partial charge in [0.25, 0.3) is 0 Å². The van der Waals surface area contributed by atoms with Crippen LogP contribution in [0.2, 0.25) is 0 Å². The molecule has 8 atom stereocenters. The fourth-order valence-electron chi connectivity index (χ4n) is 4.58. The van der Waals surface area contributed by atoms with Crippen molar-refractivity contribution in [1.29, 1.82) is 0 Å². The molecule has 1 aliphatic heterocycles. The van der Waals surface area contributed by atoms with Crippen molar-refractivity contribution < 1.29 is 54.1 Å². The lowest BCUT2D eigenvalue weighted by Crippen LogP contribution is -2.60. The van der Waals surface area contributed by atoms with E-state index in [1.807, 2.05) is 26.0 Å². The summed E-state index contributed by atoms with van der Waals surface area (Å²) in [5.74, 6) is -2.07. The Bertz CT molecular complexity index is 741. The number of carbonyl (C=O) groups is 3. The van der Waals surface area contributed by atoms with Gasteiger partial charge in [-0.25, -0.2) is 4.79 Å². The van der Waals surface area contributed by atoms with E-state index in [4.69, 9.17) is 19.3 Å². The Morgan fingerprint density at radius 3 is 2.34 bits per heavy atom. The van der Waals surface area contributed by atoms with Crippen molar-refractivity contribution in [2.24, 2.45) is 11.8 Å². The molecule has 5 N–H and O–H groups in total. The standard InChI is InChI=1S/C25H40O11.C2H6/c1-2-3-6-9-15-16(18(27)14-17(15)26)10-7-4-5-8-11-19(28)34-12-13-35-25-22(31)20(29)21(30)23(36-25)24(32)33;1-2/h6,9,15-17,20-23,25-26,29-31H,2-5,7-8,10-14H2,1H3,(H,32,33);1-2H3/t15?,16?,17?,20-,21-,22+,23-,25?;/m0./s1. The molecule has 0 spiro atoms.